The number of rotatable bonds is 3. The molecule has 2 fully saturated rings. The topological polar surface area (TPSA) is 69.4 Å². The SMILES string of the molecule is COC1(c2noc([C@H]3CCCCN3)n2)CCOCC1. The Bertz CT molecular complexity index is 409. The quantitative estimate of drug-likeness (QED) is 0.895. The van der Waals surface area contributed by atoms with Gasteiger partial charge in [0.15, 0.2) is 0 Å². The molecular formula is C13H21N3O3. The fourth-order valence-corrected chi connectivity index (χ4v) is 2.84. The van der Waals surface area contributed by atoms with E-state index in [-0.39, 0.29) is 6.04 Å². The van der Waals surface area contributed by atoms with Gasteiger partial charge in [-0.3, -0.25) is 0 Å². The van der Waals surface area contributed by atoms with E-state index in [4.69, 9.17) is 14.0 Å². The lowest BCUT2D eigenvalue weighted by atomic mass is 9.93. The summed E-state index contributed by atoms with van der Waals surface area (Å²) in [6, 6.07) is 0.198. The van der Waals surface area contributed by atoms with Gasteiger partial charge in [0.05, 0.1) is 6.04 Å². The molecule has 0 saturated carbocycles. The molecule has 6 nitrogen and oxygen atoms in total. The van der Waals surface area contributed by atoms with Crippen LogP contribution in [0.15, 0.2) is 4.52 Å². The lowest BCUT2D eigenvalue weighted by Gasteiger charge is -2.32. The average Bonchev–Trinajstić information content (AvgIpc) is 2.99. The monoisotopic (exact) mass is 267 g/mol. The molecule has 2 saturated heterocycles. The van der Waals surface area contributed by atoms with Crippen molar-refractivity contribution in [3.63, 3.8) is 0 Å². The smallest absolute Gasteiger partial charge is 0.243 e. The third-order valence-electron chi connectivity index (χ3n) is 4.15. The predicted octanol–water partition coefficient (Wildman–Crippen LogP) is 1.54. The fourth-order valence-electron chi connectivity index (χ4n) is 2.84. The first-order valence-corrected chi connectivity index (χ1v) is 7.04. The van der Waals surface area contributed by atoms with Crippen LogP contribution in [0.25, 0.3) is 0 Å². The highest BCUT2D eigenvalue weighted by atomic mass is 16.5. The van der Waals surface area contributed by atoms with Gasteiger partial charge >= 0.3 is 0 Å². The number of hydrogen-bond acceptors (Lipinski definition) is 6. The maximum absolute atomic E-state index is 5.68. The second-order valence-electron chi connectivity index (χ2n) is 5.27. The summed E-state index contributed by atoms with van der Waals surface area (Å²) in [5.41, 5.74) is -0.436. The zero-order valence-corrected chi connectivity index (χ0v) is 11.4. The van der Waals surface area contributed by atoms with Gasteiger partial charge in [-0.25, -0.2) is 0 Å². The van der Waals surface area contributed by atoms with Gasteiger partial charge in [-0.15, -0.1) is 0 Å². The third kappa shape index (κ3) is 2.52. The number of ether oxygens (including phenoxy) is 2. The van der Waals surface area contributed by atoms with Crippen molar-refractivity contribution in [3.05, 3.63) is 11.7 Å². The highest BCUT2D eigenvalue weighted by Gasteiger charge is 2.39. The van der Waals surface area contributed by atoms with E-state index >= 15 is 0 Å². The Morgan fingerprint density at radius 1 is 1.32 bits per heavy atom. The molecule has 6 heteroatoms. The molecule has 1 N–H and O–H groups in total. The highest BCUT2D eigenvalue weighted by Crippen LogP contribution is 2.34. The first-order chi connectivity index (χ1) is 9.34. The Balaban J connectivity index is 1.79. The molecular weight excluding hydrogens is 246 g/mol. The fraction of sp³-hybridized carbons (Fsp3) is 0.846. The number of methoxy groups -OCH3 is 1. The number of aromatic nitrogens is 2. The Labute approximate surface area is 112 Å². The first kappa shape index (κ1) is 13.0. The van der Waals surface area contributed by atoms with Crippen molar-refractivity contribution in [2.75, 3.05) is 26.9 Å². The van der Waals surface area contributed by atoms with Crippen molar-refractivity contribution in [1.82, 2.24) is 15.5 Å². The molecule has 106 valence electrons. The summed E-state index contributed by atoms with van der Waals surface area (Å²) in [5, 5.41) is 7.57. The predicted molar refractivity (Wildman–Crippen MR) is 67.6 cm³/mol. The van der Waals surface area contributed by atoms with Crippen LogP contribution in [0.1, 0.15) is 49.9 Å². The molecule has 1 aromatic rings. The molecule has 3 heterocycles. The summed E-state index contributed by atoms with van der Waals surface area (Å²) in [7, 11) is 1.71. The molecule has 0 aliphatic carbocycles. The summed E-state index contributed by atoms with van der Waals surface area (Å²) in [4.78, 5) is 4.58. The van der Waals surface area contributed by atoms with Crippen LogP contribution in [0.5, 0.6) is 0 Å². The summed E-state index contributed by atoms with van der Waals surface area (Å²) < 4.78 is 16.5. The molecule has 2 aliphatic rings. The van der Waals surface area contributed by atoms with Crippen LogP contribution in [0, 0.1) is 0 Å². The maximum atomic E-state index is 5.68. The molecule has 1 atom stereocenters. The maximum Gasteiger partial charge on any atom is 0.243 e. The molecule has 0 aromatic carbocycles. The van der Waals surface area contributed by atoms with Crippen LogP contribution in [0.2, 0.25) is 0 Å². The molecule has 0 amide bonds. The largest absolute Gasteiger partial charge is 0.381 e. The normalized spacial score (nSPS) is 27.3. The van der Waals surface area contributed by atoms with Crippen molar-refractivity contribution in [2.45, 2.75) is 43.7 Å². The molecule has 19 heavy (non-hydrogen) atoms. The number of piperidine rings is 1. The molecule has 3 rings (SSSR count). The van der Waals surface area contributed by atoms with E-state index in [0.29, 0.717) is 24.9 Å². The van der Waals surface area contributed by atoms with E-state index in [2.05, 4.69) is 15.5 Å². The van der Waals surface area contributed by atoms with Crippen LogP contribution in [-0.4, -0.2) is 37.0 Å². The highest BCUT2D eigenvalue weighted by molar-refractivity contribution is 5.05. The van der Waals surface area contributed by atoms with Crippen LogP contribution in [-0.2, 0) is 15.1 Å². The van der Waals surface area contributed by atoms with Crippen molar-refractivity contribution in [2.24, 2.45) is 0 Å². The molecule has 0 radical (unpaired) electrons. The summed E-state index contributed by atoms with van der Waals surface area (Å²) in [6.45, 7) is 2.38. The van der Waals surface area contributed by atoms with Crippen LogP contribution >= 0.6 is 0 Å². The van der Waals surface area contributed by atoms with Crippen LogP contribution < -0.4 is 5.32 Å². The van der Waals surface area contributed by atoms with Gasteiger partial charge in [0.1, 0.15) is 5.60 Å². The van der Waals surface area contributed by atoms with Gasteiger partial charge in [0.2, 0.25) is 11.7 Å². The second kappa shape index (κ2) is 5.56. The minimum Gasteiger partial charge on any atom is -0.381 e. The number of nitrogens with zero attached hydrogens (tertiary/aromatic N) is 2. The van der Waals surface area contributed by atoms with Crippen LogP contribution in [0.4, 0.5) is 0 Å². The van der Waals surface area contributed by atoms with E-state index < -0.39 is 5.60 Å². The van der Waals surface area contributed by atoms with Gasteiger partial charge in [-0.1, -0.05) is 11.6 Å². The summed E-state index contributed by atoms with van der Waals surface area (Å²) >= 11 is 0. The summed E-state index contributed by atoms with van der Waals surface area (Å²) in [5.74, 6) is 1.36. The number of nitrogens with one attached hydrogen (secondary N) is 1. The average molecular weight is 267 g/mol. The molecule has 0 unspecified atom stereocenters. The minimum atomic E-state index is -0.436. The van der Waals surface area contributed by atoms with E-state index in [1.807, 2.05) is 0 Å². The van der Waals surface area contributed by atoms with Gasteiger partial charge in [0, 0.05) is 33.2 Å². The Kier molecular flexibility index (Phi) is 3.81. The second-order valence-corrected chi connectivity index (χ2v) is 5.27. The lowest BCUT2D eigenvalue weighted by molar-refractivity contribution is -0.101. The molecule has 0 bridgehead atoms. The van der Waals surface area contributed by atoms with Crippen molar-refractivity contribution >= 4 is 0 Å². The zero-order chi connectivity index (χ0) is 13.1. The molecule has 2 aliphatic heterocycles. The van der Waals surface area contributed by atoms with Crippen molar-refractivity contribution < 1.29 is 14.0 Å². The van der Waals surface area contributed by atoms with Crippen LogP contribution in [0.3, 0.4) is 0 Å². The van der Waals surface area contributed by atoms with E-state index in [9.17, 15) is 0 Å². The Morgan fingerprint density at radius 3 is 2.84 bits per heavy atom. The standard InChI is InChI=1S/C13H21N3O3/c1-17-13(5-8-18-9-6-13)12-15-11(19-16-12)10-4-2-3-7-14-10/h10,14H,2-9H2,1H3/t10-/m1/s1. The van der Waals surface area contributed by atoms with E-state index in [0.717, 1.165) is 25.8 Å². The van der Waals surface area contributed by atoms with Gasteiger partial charge in [0.25, 0.3) is 0 Å². The van der Waals surface area contributed by atoms with Crippen molar-refractivity contribution in [3.8, 4) is 0 Å². The Hall–Kier alpha value is -0.980. The van der Waals surface area contributed by atoms with Gasteiger partial charge < -0.3 is 19.3 Å². The van der Waals surface area contributed by atoms with Crippen molar-refractivity contribution in [1.29, 1.82) is 0 Å². The van der Waals surface area contributed by atoms with Gasteiger partial charge in [-0.05, 0) is 19.4 Å². The Morgan fingerprint density at radius 2 is 2.16 bits per heavy atom. The molecule has 0 spiro atoms. The number of hydrogen-bond donors (Lipinski definition) is 1. The molecule has 1 aromatic heterocycles. The van der Waals surface area contributed by atoms with E-state index in [1.165, 1.54) is 12.8 Å². The summed E-state index contributed by atoms with van der Waals surface area (Å²) in [6.07, 6.45) is 5.04. The minimum absolute atomic E-state index is 0.198. The van der Waals surface area contributed by atoms with Gasteiger partial charge in [-0.2, -0.15) is 4.98 Å². The lowest BCUT2D eigenvalue weighted by Crippen LogP contribution is -2.36. The van der Waals surface area contributed by atoms with E-state index in [1.54, 1.807) is 7.11 Å². The first-order valence-electron chi connectivity index (χ1n) is 7.04. The third-order valence-corrected chi connectivity index (χ3v) is 4.15. The zero-order valence-electron chi connectivity index (χ0n) is 11.4.